The van der Waals surface area contributed by atoms with Crippen LogP contribution in [0, 0.1) is 0 Å². The van der Waals surface area contributed by atoms with Crippen LogP contribution in [0.5, 0.6) is 0 Å². The van der Waals surface area contributed by atoms with E-state index in [0.717, 1.165) is 19.4 Å². The van der Waals surface area contributed by atoms with Crippen LogP contribution in [0.25, 0.3) is 5.95 Å². The molecule has 1 unspecified atom stereocenters. The zero-order valence-corrected chi connectivity index (χ0v) is 10.8. The number of aliphatic hydroxyl groups is 1. The number of piperidine rings is 1. The maximum absolute atomic E-state index is 9.75. The van der Waals surface area contributed by atoms with E-state index in [0.29, 0.717) is 18.4 Å². The summed E-state index contributed by atoms with van der Waals surface area (Å²) in [5, 5.41) is 9.75. The Morgan fingerprint density at radius 3 is 2.85 bits per heavy atom. The molecule has 3 rings (SSSR count). The summed E-state index contributed by atoms with van der Waals surface area (Å²) in [7, 11) is 0. The van der Waals surface area contributed by atoms with E-state index in [9.17, 15) is 5.11 Å². The van der Waals surface area contributed by atoms with Gasteiger partial charge in [-0.2, -0.15) is 15.0 Å². The lowest BCUT2D eigenvalue weighted by Crippen LogP contribution is -2.39. The van der Waals surface area contributed by atoms with Gasteiger partial charge in [0.15, 0.2) is 0 Å². The molecule has 9 heteroatoms. The lowest BCUT2D eigenvalue weighted by Gasteiger charge is -2.30. The zero-order valence-electron chi connectivity index (χ0n) is 10.8. The Hall–Kier alpha value is -2.26. The van der Waals surface area contributed by atoms with E-state index in [-0.39, 0.29) is 12.1 Å². The summed E-state index contributed by atoms with van der Waals surface area (Å²) in [5.74, 6) is 6.61. The van der Waals surface area contributed by atoms with Crippen LogP contribution in [0.2, 0.25) is 0 Å². The summed E-state index contributed by atoms with van der Waals surface area (Å²) in [5.41, 5.74) is 2.43. The lowest BCUT2D eigenvalue weighted by atomic mass is 10.1. The SMILES string of the molecule is NNc1nc(N2CCCC(O)C2)nc(-n2ccnc2)n1. The molecule has 1 aliphatic rings. The monoisotopic (exact) mass is 276 g/mol. The van der Waals surface area contributed by atoms with Gasteiger partial charge in [0.2, 0.25) is 17.8 Å². The van der Waals surface area contributed by atoms with Gasteiger partial charge in [-0.3, -0.25) is 9.99 Å². The van der Waals surface area contributed by atoms with Crippen molar-refractivity contribution in [2.75, 3.05) is 23.4 Å². The molecule has 9 nitrogen and oxygen atoms in total. The summed E-state index contributed by atoms with van der Waals surface area (Å²) in [4.78, 5) is 18.7. The summed E-state index contributed by atoms with van der Waals surface area (Å²) < 4.78 is 1.67. The van der Waals surface area contributed by atoms with Crippen LogP contribution >= 0.6 is 0 Å². The molecule has 0 radical (unpaired) electrons. The summed E-state index contributed by atoms with van der Waals surface area (Å²) in [6.07, 6.45) is 6.33. The number of aromatic nitrogens is 5. The lowest BCUT2D eigenvalue weighted by molar-refractivity contribution is 0.153. The number of nitrogens with two attached hydrogens (primary N) is 1. The van der Waals surface area contributed by atoms with Gasteiger partial charge in [-0.05, 0) is 12.8 Å². The Labute approximate surface area is 115 Å². The molecule has 0 spiro atoms. The molecule has 0 amide bonds. The highest BCUT2D eigenvalue weighted by Gasteiger charge is 2.21. The molecular weight excluding hydrogens is 260 g/mol. The van der Waals surface area contributed by atoms with E-state index in [2.05, 4.69) is 25.4 Å². The molecule has 0 aliphatic carbocycles. The number of hydrazine groups is 1. The van der Waals surface area contributed by atoms with Gasteiger partial charge in [0.05, 0.1) is 6.10 Å². The van der Waals surface area contributed by atoms with Crippen LogP contribution in [-0.2, 0) is 0 Å². The average Bonchev–Trinajstić information content (AvgIpc) is 3.01. The number of nitrogens with zero attached hydrogens (tertiary/aromatic N) is 6. The highest BCUT2D eigenvalue weighted by atomic mass is 16.3. The van der Waals surface area contributed by atoms with E-state index in [1.54, 1.807) is 23.3 Å². The standard InChI is InChI=1S/C11H16N8O/c12-17-9-14-10(18-4-1-2-8(20)6-18)16-11(15-9)19-5-3-13-7-19/h3,5,7-8,20H,1-2,4,6,12H2,(H,14,15,16,17). The number of hydrogen-bond donors (Lipinski definition) is 3. The third kappa shape index (κ3) is 2.53. The maximum atomic E-state index is 9.75. The average molecular weight is 276 g/mol. The van der Waals surface area contributed by atoms with Crippen molar-refractivity contribution in [2.24, 2.45) is 5.84 Å². The molecule has 0 aromatic carbocycles. The minimum atomic E-state index is -0.355. The van der Waals surface area contributed by atoms with Crippen LogP contribution < -0.4 is 16.2 Å². The second-order valence-electron chi connectivity index (χ2n) is 4.62. The summed E-state index contributed by atoms with van der Waals surface area (Å²) in [6, 6.07) is 0. The second kappa shape index (κ2) is 5.39. The van der Waals surface area contributed by atoms with Crippen molar-refractivity contribution in [3.8, 4) is 5.95 Å². The van der Waals surface area contributed by atoms with Crippen LogP contribution in [0.15, 0.2) is 18.7 Å². The van der Waals surface area contributed by atoms with Crippen molar-refractivity contribution < 1.29 is 5.11 Å². The number of nitrogens with one attached hydrogen (secondary N) is 1. The smallest absolute Gasteiger partial charge is 0.243 e. The first-order valence-corrected chi connectivity index (χ1v) is 6.40. The van der Waals surface area contributed by atoms with Crippen molar-refractivity contribution in [1.82, 2.24) is 24.5 Å². The van der Waals surface area contributed by atoms with Crippen molar-refractivity contribution in [3.63, 3.8) is 0 Å². The largest absolute Gasteiger partial charge is 0.391 e. The number of imidazole rings is 1. The highest BCUT2D eigenvalue weighted by molar-refractivity contribution is 5.40. The van der Waals surface area contributed by atoms with Crippen LogP contribution in [-0.4, -0.2) is 48.8 Å². The predicted octanol–water partition coefficient (Wildman–Crippen LogP) is -0.696. The molecule has 0 saturated carbocycles. The van der Waals surface area contributed by atoms with Gasteiger partial charge in [0, 0.05) is 25.5 Å². The number of aliphatic hydroxyl groups excluding tert-OH is 1. The van der Waals surface area contributed by atoms with Crippen molar-refractivity contribution in [2.45, 2.75) is 18.9 Å². The fraction of sp³-hybridized carbons (Fsp3) is 0.455. The third-order valence-corrected chi connectivity index (χ3v) is 3.16. The number of hydrogen-bond acceptors (Lipinski definition) is 8. The van der Waals surface area contributed by atoms with E-state index in [1.807, 2.05) is 4.90 Å². The van der Waals surface area contributed by atoms with Crippen LogP contribution in [0.1, 0.15) is 12.8 Å². The number of nitrogen functional groups attached to an aromatic ring is 1. The number of rotatable bonds is 3. The Kier molecular flexibility index (Phi) is 3.44. The van der Waals surface area contributed by atoms with E-state index in [4.69, 9.17) is 5.84 Å². The minimum Gasteiger partial charge on any atom is -0.391 e. The van der Waals surface area contributed by atoms with E-state index < -0.39 is 0 Å². The zero-order chi connectivity index (χ0) is 13.9. The summed E-state index contributed by atoms with van der Waals surface area (Å²) in [6.45, 7) is 1.31. The van der Waals surface area contributed by atoms with Crippen LogP contribution in [0.4, 0.5) is 11.9 Å². The molecule has 20 heavy (non-hydrogen) atoms. The Morgan fingerprint density at radius 1 is 1.30 bits per heavy atom. The molecule has 1 fully saturated rings. The molecule has 3 heterocycles. The molecule has 0 bridgehead atoms. The van der Waals surface area contributed by atoms with Crippen LogP contribution in [0.3, 0.4) is 0 Å². The minimum absolute atomic E-state index is 0.277. The molecule has 1 atom stereocenters. The Morgan fingerprint density at radius 2 is 2.15 bits per heavy atom. The second-order valence-corrected chi connectivity index (χ2v) is 4.62. The van der Waals surface area contributed by atoms with Gasteiger partial charge < -0.3 is 10.0 Å². The van der Waals surface area contributed by atoms with Crippen molar-refractivity contribution >= 4 is 11.9 Å². The molecule has 106 valence electrons. The van der Waals surface area contributed by atoms with Crippen molar-refractivity contribution in [1.29, 1.82) is 0 Å². The van der Waals surface area contributed by atoms with Gasteiger partial charge in [-0.1, -0.05) is 0 Å². The number of β-amino-alcohol motifs (C(OH)–C–C–N with tert-alkyl or cyclic N) is 1. The molecule has 4 N–H and O–H groups in total. The Bertz CT molecular complexity index is 572. The molecule has 2 aromatic rings. The number of anilines is 2. The fourth-order valence-corrected chi connectivity index (χ4v) is 2.19. The van der Waals surface area contributed by atoms with E-state index >= 15 is 0 Å². The Balaban J connectivity index is 1.96. The summed E-state index contributed by atoms with van der Waals surface area (Å²) >= 11 is 0. The maximum Gasteiger partial charge on any atom is 0.243 e. The molecular formula is C11H16N8O. The highest BCUT2D eigenvalue weighted by Crippen LogP contribution is 2.18. The normalized spacial score (nSPS) is 19.1. The third-order valence-electron chi connectivity index (χ3n) is 3.16. The van der Waals surface area contributed by atoms with E-state index in [1.165, 1.54) is 0 Å². The van der Waals surface area contributed by atoms with Gasteiger partial charge in [0.25, 0.3) is 0 Å². The van der Waals surface area contributed by atoms with Gasteiger partial charge in [-0.25, -0.2) is 10.8 Å². The van der Waals surface area contributed by atoms with Gasteiger partial charge in [0.1, 0.15) is 6.33 Å². The van der Waals surface area contributed by atoms with Gasteiger partial charge >= 0.3 is 0 Å². The predicted molar refractivity (Wildman–Crippen MR) is 72.2 cm³/mol. The molecule has 1 saturated heterocycles. The first-order chi connectivity index (χ1) is 9.76. The molecule has 2 aromatic heterocycles. The topological polar surface area (TPSA) is 118 Å². The van der Waals surface area contributed by atoms with Crippen molar-refractivity contribution in [3.05, 3.63) is 18.7 Å². The molecule has 1 aliphatic heterocycles. The first-order valence-electron chi connectivity index (χ1n) is 6.40. The van der Waals surface area contributed by atoms with Gasteiger partial charge in [-0.15, -0.1) is 0 Å². The fourth-order valence-electron chi connectivity index (χ4n) is 2.19. The first kappa shape index (κ1) is 12.8. The quantitative estimate of drug-likeness (QED) is 0.497.